The largest absolute Gasteiger partial charge is 0.496 e. The molecule has 1 unspecified atom stereocenters. The van der Waals surface area contributed by atoms with Crippen molar-refractivity contribution in [3.05, 3.63) is 48.0 Å². The molecule has 0 aromatic heterocycles. The third-order valence-corrected chi connectivity index (χ3v) is 3.24. The zero-order valence-electron chi connectivity index (χ0n) is 11.9. The molecule has 0 saturated heterocycles. The highest BCUT2D eigenvalue weighted by molar-refractivity contribution is 5.79. The van der Waals surface area contributed by atoms with Crippen molar-refractivity contribution in [2.75, 3.05) is 14.2 Å². The van der Waals surface area contributed by atoms with Gasteiger partial charge in [-0.3, -0.25) is 4.79 Å². The first-order valence-electron chi connectivity index (χ1n) is 6.38. The second-order valence-electron chi connectivity index (χ2n) is 4.48. The molecule has 0 bridgehead atoms. The second-order valence-corrected chi connectivity index (χ2v) is 4.48. The van der Waals surface area contributed by atoms with Gasteiger partial charge in [0.2, 0.25) is 0 Å². The Bertz CT molecular complexity index is 640. The molecule has 0 heterocycles. The molecule has 1 atom stereocenters. The number of hydrogen-bond donors (Lipinski definition) is 2. The maximum Gasteiger partial charge on any atom is 0.325 e. The maximum atomic E-state index is 11.1. The predicted molar refractivity (Wildman–Crippen MR) is 79.5 cm³/mol. The van der Waals surface area contributed by atoms with Gasteiger partial charge in [-0.25, -0.2) is 0 Å². The van der Waals surface area contributed by atoms with Crippen molar-refractivity contribution in [3.8, 4) is 22.6 Å². The molecule has 2 aromatic carbocycles. The van der Waals surface area contributed by atoms with E-state index in [9.17, 15) is 4.79 Å². The lowest BCUT2D eigenvalue weighted by Crippen LogP contribution is -2.21. The molecular weight excluding hydrogens is 270 g/mol. The molecule has 110 valence electrons. The van der Waals surface area contributed by atoms with Crippen molar-refractivity contribution in [2.45, 2.75) is 6.04 Å². The second kappa shape index (κ2) is 6.28. The highest BCUT2D eigenvalue weighted by atomic mass is 16.5. The van der Waals surface area contributed by atoms with Gasteiger partial charge in [0.05, 0.1) is 14.2 Å². The fourth-order valence-electron chi connectivity index (χ4n) is 2.14. The number of ether oxygens (including phenoxy) is 2. The van der Waals surface area contributed by atoms with Crippen LogP contribution in [-0.2, 0) is 4.79 Å². The Labute approximate surface area is 122 Å². The minimum atomic E-state index is -1.17. The van der Waals surface area contributed by atoms with Crippen LogP contribution in [0.1, 0.15) is 11.6 Å². The smallest absolute Gasteiger partial charge is 0.325 e. The number of methoxy groups -OCH3 is 2. The van der Waals surface area contributed by atoms with Gasteiger partial charge < -0.3 is 20.3 Å². The minimum Gasteiger partial charge on any atom is -0.496 e. The van der Waals surface area contributed by atoms with E-state index in [1.165, 1.54) is 14.2 Å². The quantitative estimate of drug-likeness (QED) is 0.882. The van der Waals surface area contributed by atoms with Crippen molar-refractivity contribution in [1.29, 1.82) is 0 Å². The molecule has 5 nitrogen and oxygen atoms in total. The highest BCUT2D eigenvalue weighted by Crippen LogP contribution is 2.38. The summed E-state index contributed by atoms with van der Waals surface area (Å²) in [6.07, 6.45) is 0. The third kappa shape index (κ3) is 2.98. The number of carboxylic acid groups (broad SMARTS) is 1. The summed E-state index contributed by atoms with van der Waals surface area (Å²) in [6.45, 7) is 0. The standard InChI is InChI=1S/C16H17NO4/c1-20-13-9-12(15(17)16(18)19)14(21-2)8-11(13)10-6-4-3-5-7-10/h3-9,15H,17H2,1-2H3,(H,18,19). The van der Waals surface area contributed by atoms with Crippen molar-refractivity contribution in [1.82, 2.24) is 0 Å². The number of carbonyl (C=O) groups is 1. The molecule has 5 heteroatoms. The molecule has 2 rings (SSSR count). The zero-order valence-corrected chi connectivity index (χ0v) is 11.9. The summed E-state index contributed by atoms with van der Waals surface area (Å²) in [5, 5.41) is 9.08. The normalized spacial score (nSPS) is 11.8. The number of benzene rings is 2. The summed E-state index contributed by atoms with van der Waals surface area (Å²) in [5.74, 6) is -0.152. The molecule has 0 radical (unpaired) electrons. The lowest BCUT2D eigenvalue weighted by molar-refractivity contribution is -0.138. The van der Waals surface area contributed by atoms with E-state index in [2.05, 4.69) is 0 Å². The SMILES string of the molecule is COc1cc(C(N)C(=O)O)c(OC)cc1-c1ccccc1. The van der Waals surface area contributed by atoms with Gasteiger partial charge >= 0.3 is 5.97 Å². The van der Waals surface area contributed by atoms with E-state index in [0.717, 1.165) is 11.1 Å². The van der Waals surface area contributed by atoms with Crippen LogP contribution in [0.25, 0.3) is 11.1 Å². The van der Waals surface area contributed by atoms with Crippen LogP contribution in [0.15, 0.2) is 42.5 Å². The van der Waals surface area contributed by atoms with Gasteiger partial charge in [-0.2, -0.15) is 0 Å². The number of hydrogen-bond acceptors (Lipinski definition) is 4. The Hall–Kier alpha value is -2.53. The summed E-state index contributed by atoms with van der Waals surface area (Å²) >= 11 is 0. The van der Waals surface area contributed by atoms with Gasteiger partial charge in [-0.05, 0) is 17.7 Å². The Morgan fingerprint density at radius 1 is 1.10 bits per heavy atom. The molecule has 0 amide bonds. The Morgan fingerprint density at radius 3 is 2.24 bits per heavy atom. The first-order chi connectivity index (χ1) is 10.1. The number of nitrogens with two attached hydrogens (primary N) is 1. The lowest BCUT2D eigenvalue weighted by Gasteiger charge is -2.17. The zero-order chi connectivity index (χ0) is 15.4. The molecule has 0 saturated carbocycles. The number of carboxylic acids is 1. The highest BCUT2D eigenvalue weighted by Gasteiger charge is 2.22. The van der Waals surface area contributed by atoms with Crippen molar-refractivity contribution < 1.29 is 19.4 Å². The molecule has 0 spiro atoms. The first kappa shape index (κ1) is 14.9. The Kier molecular flexibility index (Phi) is 4.45. The molecular formula is C16H17NO4. The van der Waals surface area contributed by atoms with Gasteiger partial charge in [0.15, 0.2) is 0 Å². The van der Waals surface area contributed by atoms with Gasteiger partial charge in [0.25, 0.3) is 0 Å². The maximum absolute atomic E-state index is 11.1. The topological polar surface area (TPSA) is 81.8 Å². The molecule has 21 heavy (non-hydrogen) atoms. The van der Waals surface area contributed by atoms with E-state index in [1.54, 1.807) is 12.1 Å². The van der Waals surface area contributed by atoms with Crippen LogP contribution >= 0.6 is 0 Å². The molecule has 2 aromatic rings. The van der Waals surface area contributed by atoms with E-state index in [1.807, 2.05) is 30.3 Å². The average molecular weight is 287 g/mol. The minimum absolute atomic E-state index is 0.376. The fraction of sp³-hybridized carbons (Fsp3) is 0.188. The summed E-state index contributed by atoms with van der Waals surface area (Å²) in [6, 6.07) is 11.8. The van der Waals surface area contributed by atoms with Crippen LogP contribution in [0.2, 0.25) is 0 Å². The lowest BCUT2D eigenvalue weighted by atomic mass is 9.98. The van der Waals surface area contributed by atoms with Gasteiger partial charge in [0, 0.05) is 11.1 Å². The molecule has 3 N–H and O–H groups in total. The van der Waals surface area contributed by atoms with Gasteiger partial charge in [-0.1, -0.05) is 30.3 Å². The van der Waals surface area contributed by atoms with E-state index in [0.29, 0.717) is 17.1 Å². The Morgan fingerprint density at radius 2 is 1.71 bits per heavy atom. The van der Waals surface area contributed by atoms with E-state index < -0.39 is 12.0 Å². The van der Waals surface area contributed by atoms with Crippen molar-refractivity contribution in [3.63, 3.8) is 0 Å². The van der Waals surface area contributed by atoms with Crippen LogP contribution in [-0.4, -0.2) is 25.3 Å². The van der Waals surface area contributed by atoms with Crippen LogP contribution < -0.4 is 15.2 Å². The van der Waals surface area contributed by atoms with Crippen LogP contribution in [0, 0.1) is 0 Å². The Balaban J connectivity index is 2.61. The van der Waals surface area contributed by atoms with Gasteiger partial charge in [-0.15, -0.1) is 0 Å². The van der Waals surface area contributed by atoms with E-state index >= 15 is 0 Å². The van der Waals surface area contributed by atoms with E-state index in [4.69, 9.17) is 20.3 Å². The number of rotatable bonds is 5. The van der Waals surface area contributed by atoms with Crippen LogP contribution in [0.4, 0.5) is 0 Å². The third-order valence-electron chi connectivity index (χ3n) is 3.24. The predicted octanol–water partition coefficient (Wildman–Crippen LogP) is 2.46. The first-order valence-corrected chi connectivity index (χ1v) is 6.38. The summed E-state index contributed by atoms with van der Waals surface area (Å²) in [4.78, 5) is 11.1. The molecule has 0 aliphatic rings. The number of aliphatic carboxylic acids is 1. The molecule has 0 aliphatic carbocycles. The average Bonchev–Trinajstić information content (AvgIpc) is 2.53. The van der Waals surface area contributed by atoms with Crippen molar-refractivity contribution in [2.24, 2.45) is 5.73 Å². The van der Waals surface area contributed by atoms with Crippen LogP contribution in [0.3, 0.4) is 0 Å². The summed E-state index contributed by atoms with van der Waals surface area (Å²) in [5.41, 5.74) is 7.83. The molecule has 0 aliphatic heterocycles. The summed E-state index contributed by atoms with van der Waals surface area (Å²) in [7, 11) is 3.01. The molecule has 0 fully saturated rings. The van der Waals surface area contributed by atoms with Gasteiger partial charge in [0.1, 0.15) is 17.5 Å². The summed E-state index contributed by atoms with van der Waals surface area (Å²) < 4.78 is 10.6. The monoisotopic (exact) mass is 287 g/mol. The fourth-order valence-corrected chi connectivity index (χ4v) is 2.14. The van der Waals surface area contributed by atoms with Crippen molar-refractivity contribution >= 4 is 5.97 Å². The van der Waals surface area contributed by atoms with E-state index in [-0.39, 0.29) is 0 Å². The van der Waals surface area contributed by atoms with Crippen LogP contribution in [0.5, 0.6) is 11.5 Å².